The second-order valence-corrected chi connectivity index (χ2v) is 6.07. The zero-order chi connectivity index (χ0) is 10.7. The van der Waals surface area contributed by atoms with Crippen molar-refractivity contribution >= 4 is 23.2 Å². The van der Waals surface area contributed by atoms with E-state index < -0.39 is 0 Å². The van der Waals surface area contributed by atoms with Gasteiger partial charge in [0.15, 0.2) is 0 Å². The second-order valence-electron chi connectivity index (χ2n) is 4.66. The number of hydrogen-bond donors (Lipinski definition) is 2. The van der Waals surface area contributed by atoms with Crippen molar-refractivity contribution in [2.45, 2.75) is 61.9 Å². The maximum Gasteiger partial charge on any atom is 0.0430 e. The summed E-state index contributed by atoms with van der Waals surface area (Å²) in [6.07, 6.45) is 9.31. The van der Waals surface area contributed by atoms with Crippen molar-refractivity contribution in [1.82, 2.24) is 0 Å². The van der Waals surface area contributed by atoms with Crippen molar-refractivity contribution in [3.05, 3.63) is 0 Å². The van der Waals surface area contributed by atoms with E-state index in [4.69, 9.17) is 10.8 Å². The van der Waals surface area contributed by atoms with E-state index in [-0.39, 0.29) is 0 Å². The molecule has 2 saturated carbocycles. The summed E-state index contributed by atoms with van der Waals surface area (Å²) in [5.41, 5.74) is 1.87. The molecule has 2 rings (SSSR count). The summed E-state index contributed by atoms with van der Waals surface area (Å²) in [6, 6.07) is 0. The molecule has 0 aliphatic heterocycles. The van der Waals surface area contributed by atoms with Crippen molar-refractivity contribution in [1.29, 1.82) is 10.8 Å². The van der Waals surface area contributed by atoms with Crippen LogP contribution in [0.5, 0.6) is 0 Å². The summed E-state index contributed by atoms with van der Waals surface area (Å²) in [7, 11) is 0. The third-order valence-electron chi connectivity index (χ3n) is 3.43. The Morgan fingerprint density at radius 2 is 1.27 bits per heavy atom. The van der Waals surface area contributed by atoms with Crippen molar-refractivity contribution in [3.63, 3.8) is 0 Å². The van der Waals surface area contributed by atoms with E-state index in [0.29, 0.717) is 10.5 Å². The highest BCUT2D eigenvalue weighted by molar-refractivity contribution is 8.01. The van der Waals surface area contributed by atoms with E-state index in [2.05, 4.69) is 0 Å². The molecule has 0 radical (unpaired) electrons. The Hall–Kier alpha value is -0.310. The van der Waals surface area contributed by atoms with Crippen LogP contribution in [-0.2, 0) is 0 Å². The zero-order valence-corrected chi connectivity index (χ0v) is 10.0. The fourth-order valence-electron chi connectivity index (χ4n) is 2.46. The molecule has 0 aromatic rings. The molecule has 2 N–H and O–H groups in total. The van der Waals surface area contributed by atoms with E-state index in [1.54, 1.807) is 0 Å². The van der Waals surface area contributed by atoms with Gasteiger partial charge in [0.1, 0.15) is 0 Å². The fourth-order valence-corrected chi connectivity index (χ4v) is 4.03. The number of rotatable bonds is 2. The van der Waals surface area contributed by atoms with Crippen molar-refractivity contribution < 1.29 is 0 Å². The van der Waals surface area contributed by atoms with Gasteiger partial charge in [0.2, 0.25) is 0 Å². The normalized spacial score (nSPS) is 33.1. The fraction of sp³-hybridized carbons (Fsp3) is 0.833. The molecule has 2 aliphatic carbocycles. The van der Waals surface area contributed by atoms with Gasteiger partial charge in [-0.15, -0.1) is 11.8 Å². The van der Waals surface area contributed by atoms with Crippen LogP contribution in [0.4, 0.5) is 0 Å². The highest BCUT2D eigenvalue weighted by Gasteiger charge is 2.27. The van der Waals surface area contributed by atoms with Gasteiger partial charge < -0.3 is 10.8 Å². The van der Waals surface area contributed by atoms with E-state index >= 15 is 0 Å². The molecule has 2 atom stereocenters. The lowest BCUT2D eigenvalue weighted by Gasteiger charge is -2.29. The maximum atomic E-state index is 7.94. The van der Waals surface area contributed by atoms with Crippen LogP contribution in [0.2, 0.25) is 0 Å². The molecule has 0 amide bonds. The summed E-state index contributed by atoms with van der Waals surface area (Å²) >= 11 is 1.91. The summed E-state index contributed by atoms with van der Waals surface area (Å²) in [4.78, 5) is 0. The first-order chi connectivity index (χ1) is 7.27. The van der Waals surface area contributed by atoms with Crippen LogP contribution < -0.4 is 0 Å². The van der Waals surface area contributed by atoms with E-state index in [1.165, 1.54) is 38.5 Å². The monoisotopic (exact) mass is 224 g/mol. The number of hydrogen-bond acceptors (Lipinski definition) is 3. The van der Waals surface area contributed by atoms with Gasteiger partial charge in [0, 0.05) is 21.9 Å². The Labute approximate surface area is 96.2 Å². The minimum absolute atomic E-state index is 0.433. The summed E-state index contributed by atoms with van der Waals surface area (Å²) in [5, 5.41) is 16.7. The van der Waals surface area contributed by atoms with E-state index in [9.17, 15) is 0 Å². The number of thioether (sulfide) groups is 1. The van der Waals surface area contributed by atoms with Crippen LogP contribution in [0.15, 0.2) is 0 Å². The van der Waals surface area contributed by atoms with Gasteiger partial charge in [-0.2, -0.15) is 0 Å². The molecule has 15 heavy (non-hydrogen) atoms. The summed E-state index contributed by atoms with van der Waals surface area (Å²) in [6.45, 7) is 0. The first-order valence-corrected chi connectivity index (χ1v) is 7.02. The van der Waals surface area contributed by atoms with Crippen LogP contribution in [-0.4, -0.2) is 21.9 Å². The minimum atomic E-state index is 0.433. The first-order valence-electron chi connectivity index (χ1n) is 6.07. The average Bonchev–Trinajstić information content (AvgIpc) is 2.24. The molecule has 2 fully saturated rings. The van der Waals surface area contributed by atoms with Crippen LogP contribution in [0.1, 0.15) is 51.4 Å². The zero-order valence-electron chi connectivity index (χ0n) is 9.22. The topological polar surface area (TPSA) is 47.7 Å². The Morgan fingerprint density at radius 1 is 0.800 bits per heavy atom. The summed E-state index contributed by atoms with van der Waals surface area (Å²) in [5.74, 6) is 0. The molecular weight excluding hydrogens is 204 g/mol. The molecule has 0 spiro atoms. The van der Waals surface area contributed by atoms with Crippen LogP contribution in [0, 0.1) is 10.8 Å². The van der Waals surface area contributed by atoms with Crippen molar-refractivity contribution in [2.24, 2.45) is 0 Å². The maximum absolute atomic E-state index is 7.94. The van der Waals surface area contributed by atoms with Gasteiger partial charge in [-0.3, -0.25) is 0 Å². The first kappa shape index (κ1) is 11.2. The molecule has 2 nitrogen and oxygen atoms in total. The molecule has 2 unspecified atom stereocenters. The van der Waals surface area contributed by atoms with Gasteiger partial charge in [-0.05, 0) is 38.5 Å². The Morgan fingerprint density at radius 3 is 1.67 bits per heavy atom. The molecule has 0 aromatic heterocycles. The van der Waals surface area contributed by atoms with Crippen LogP contribution in [0.25, 0.3) is 0 Å². The van der Waals surface area contributed by atoms with Gasteiger partial charge in [-0.1, -0.05) is 12.8 Å². The molecule has 0 heterocycles. The quantitative estimate of drug-likeness (QED) is 0.739. The Kier molecular flexibility index (Phi) is 3.84. The third-order valence-corrected chi connectivity index (χ3v) is 5.13. The Bertz CT molecular complexity index is 236. The predicted molar refractivity (Wildman–Crippen MR) is 67.6 cm³/mol. The Balaban J connectivity index is 1.89. The molecule has 2 aliphatic rings. The average molecular weight is 224 g/mol. The van der Waals surface area contributed by atoms with Crippen molar-refractivity contribution in [2.75, 3.05) is 0 Å². The predicted octanol–water partition coefficient (Wildman–Crippen LogP) is 3.64. The standard InChI is InChI=1S/C12H20N2S/c13-9-5-1-3-7-11(9)15-12-8-4-2-6-10(12)14/h11-14H,1-8H2. The third kappa shape index (κ3) is 2.83. The lowest BCUT2D eigenvalue weighted by atomic mass is 9.97. The molecule has 3 heteroatoms. The van der Waals surface area contributed by atoms with E-state index in [0.717, 1.165) is 24.3 Å². The molecule has 0 saturated heterocycles. The minimum Gasteiger partial charge on any atom is -0.309 e. The summed E-state index contributed by atoms with van der Waals surface area (Å²) < 4.78 is 0. The largest absolute Gasteiger partial charge is 0.309 e. The smallest absolute Gasteiger partial charge is 0.0430 e. The lowest BCUT2D eigenvalue weighted by molar-refractivity contribution is 0.656. The molecular formula is C12H20N2S. The van der Waals surface area contributed by atoms with Gasteiger partial charge in [0.25, 0.3) is 0 Å². The van der Waals surface area contributed by atoms with Gasteiger partial charge in [0.05, 0.1) is 0 Å². The highest BCUT2D eigenvalue weighted by Crippen LogP contribution is 2.34. The molecule has 0 aromatic carbocycles. The van der Waals surface area contributed by atoms with Gasteiger partial charge >= 0.3 is 0 Å². The SMILES string of the molecule is N=C1CCCCC1SC1CCCCC1=N. The van der Waals surface area contributed by atoms with Gasteiger partial charge in [-0.25, -0.2) is 0 Å². The van der Waals surface area contributed by atoms with E-state index in [1.807, 2.05) is 11.8 Å². The van der Waals surface area contributed by atoms with Crippen LogP contribution in [0.3, 0.4) is 0 Å². The lowest BCUT2D eigenvalue weighted by Crippen LogP contribution is -2.28. The van der Waals surface area contributed by atoms with Crippen molar-refractivity contribution in [3.8, 4) is 0 Å². The highest BCUT2D eigenvalue weighted by atomic mass is 32.2. The molecule has 84 valence electrons. The van der Waals surface area contributed by atoms with Crippen LogP contribution >= 0.6 is 11.8 Å². The molecule has 0 bridgehead atoms. The second kappa shape index (κ2) is 5.15. The number of nitrogens with one attached hydrogen (secondary N) is 2.